The number of rotatable bonds is 5. The number of nitrogens with zero attached hydrogens (tertiary/aromatic N) is 2. The Bertz CT molecular complexity index is 1220. The van der Waals surface area contributed by atoms with Crippen LogP contribution in [0, 0.1) is 5.41 Å². The number of para-hydroxylation sites is 2. The molecule has 0 saturated carbocycles. The second kappa shape index (κ2) is 8.27. The number of hydrogen-bond acceptors (Lipinski definition) is 1. The van der Waals surface area contributed by atoms with Gasteiger partial charge in [-0.25, -0.2) is 0 Å². The second-order valence-corrected chi connectivity index (χ2v) is 8.46. The van der Waals surface area contributed by atoms with Crippen LogP contribution in [0.25, 0.3) is 11.0 Å². The average Bonchev–Trinajstić information content (AvgIpc) is 2.97. The van der Waals surface area contributed by atoms with Crippen LogP contribution >= 0.6 is 34.8 Å². The van der Waals surface area contributed by atoms with Crippen molar-refractivity contribution in [3.8, 4) is 0 Å². The first kappa shape index (κ1) is 20.1. The van der Waals surface area contributed by atoms with Gasteiger partial charge in [-0.15, -0.1) is 0 Å². The Hall–Kier alpha value is -2.20. The maximum Gasteiger partial charge on any atom is 0.203 e. The van der Waals surface area contributed by atoms with Crippen molar-refractivity contribution in [2.75, 3.05) is 0 Å². The number of halogens is 3. The quantitative estimate of drug-likeness (QED) is 0.354. The summed E-state index contributed by atoms with van der Waals surface area (Å²) in [7, 11) is 0. The molecular weight excluding hydrogens is 425 g/mol. The van der Waals surface area contributed by atoms with Crippen molar-refractivity contribution in [2.45, 2.75) is 25.9 Å². The predicted octanol–water partition coefficient (Wildman–Crippen LogP) is 6.73. The van der Waals surface area contributed by atoms with E-state index in [2.05, 4.69) is 23.6 Å². The van der Waals surface area contributed by atoms with E-state index < -0.39 is 0 Å². The molecule has 4 aromatic rings. The van der Waals surface area contributed by atoms with Crippen LogP contribution in [-0.2, 0) is 13.1 Å². The summed E-state index contributed by atoms with van der Waals surface area (Å²) in [5.74, 6) is 0.175. The third-order valence-electron chi connectivity index (χ3n) is 5.20. The Kier molecular flexibility index (Phi) is 5.73. The van der Waals surface area contributed by atoms with Crippen LogP contribution in [0.3, 0.4) is 0 Å². The molecule has 0 amide bonds. The van der Waals surface area contributed by atoms with Gasteiger partial charge in [-0.3, -0.25) is 5.41 Å². The van der Waals surface area contributed by atoms with Gasteiger partial charge in [0.15, 0.2) is 0 Å². The standard InChI is InChI=1S/C23H20Cl3N3/c1-15(17-8-11-19(25)20(26)12-17)13-28-21-4-2-3-5-22(21)29(23(28)27)14-16-6-9-18(24)10-7-16/h2-12,15,27H,13-14H2,1H3. The van der Waals surface area contributed by atoms with E-state index in [9.17, 15) is 0 Å². The highest BCUT2D eigenvalue weighted by molar-refractivity contribution is 6.42. The highest BCUT2D eigenvalue weighted by Crippen LogP contribution is 2.28. The van der Waals surface area contributed by atoms with Crippen LogP contribution in [0.5, 0.6) is 0 Å². The predicted molar refractivity (Wildman–Crippen MR) is 121 cm³/mol. The third kappa shape index (κ3) is 4.09. The molecule has 148 valence electrons. The first-order valence-corrected chi connectivity index (χ1v) is 10.5. The molecule has 1 aromatic heterocycles. The molecule has 0 saturated heterocycles. The largest absolute Gasteiger partial charge is 0.310 e. The molecule has 3 nitrogen and oxygen atoms in total. The van der Waals surface area contributed by atoms with Gasteiger partial charge in [0.1, 0.15) is 0 Å². The van der Waals surface area contributed by atoms with Gasteiger partial charge in [0.05, 0.1) is 27.6 Å². The summed E-state index contributed by atoms with van der Waals surface area (Å²) >= 11 is 18.3. The number of benzene rings is 3. The number of fused-ring (bicyclic) bond motifs is 1. The number of imidazole rings is 1. The van der Waals surface area contributed by atoms with Gasteiger partial charge in [-0.2, -0.15) is 0 Å². The van der Waals surface area contributed by atoms with E-state index in [-0.39, 0.29) is 5.92 Å². The van der Waals surface area contributed by atoms with Crippen LogP contribution in [-0.4, -0.2) is 9.13 Å². The van der Waals surface area contributed by atoms with Crippen molar-refractivity contribution in [2.24, 2.45) is 0 Å². The van der Waals surface area contributed by atoms with E-state index in [0.29, 0.717) is 33.8 Å². The monoisotopic (exact) mass is 443 g/mol. The lowest BCUT2D eigenvalue weighted by molar-refractivity contribution is 0.561. The maximum atomic E-state index is 8.85. The maximum absolute atomic E-state index is 8.85. The fourth-order valence-corrected chi connectivity index (χ4v) is 4.04. The second-order valence-electron chi connectivity index (χ2n) is 7.21. The zero-order chi connectivity index (χ0) is 20.5. The topological polar surface area (TPSA) is 33.7 Å². The van der Waals surface area contributed by atoms with Gasteiger partial charge in [0.2, 0.25) is 5.62 Å². The number of nitrogens with one attached hydrogen (secondary N) is 1. The first-order chi connectivity index (χ1) is 13.9. The zero-order valence-corrected chi connectivity index (χ0v) is 18.1. The molecule has 0 spiro atoms. The molecule has 0 fully saturated rings. The smallest absolute Gasteiger partial charge is 0.203 e. The van der Waals surface area contributed by atoms with Crippen LogP contribution in [0.15, 0.2) is 66.7 Å². The van der Waals surface area contributed by atoms with E-state index >= 15 is 0 Å². The molecule has 0 aliphatic carbocycles. The molecule has 1 atom stereocenters. The minimum atomic E-state index is 0.175. The highest BCUT2D eigenvalue weighted by atomic mass is 35.5. The van der Waals surface area contributed by atoms with Crippen molar-refractivity contribution in [1.82, 2.24) is 9.13 Å². The first-order valence-electron chi connectivity index (χ1n) is 9.36. The van der Waals surface area contributed by atoms with Crippen molar-refractivity contribution >= 4 is 45.8 Å². The lowest BCUT2D eigenvalue weighted by atomic mass is 10.0. The molecule has 29 heavy (non-hydrogen) atoms. The molecule has 1 heterocycles. The zero-order valence-electron chi connectivity index (χ0n) is 15.9. The van der Waals surface area contributed by atoms with Gasteiger partial charge >= 0.3 is 0 Å². The minimum absolute atomic E-state index is 0.175. The number of hydrogen-bond donors (Lipinski definition) is 1. The molecule has 0 radical (unpaired) electrons. The van der Waals surface area contributed by atoms with E-state index in [0.717, 1.165) is 22.2 Å². The number of aromatic nitrogens is 2. The summed E-state index contributed by atoms with van der Waals surface area (Å²) in [4.78, 5) is 0. The Morgan fingerprint density at radius 2 is 1.48 bits per heavy atom. The fourth-order valence-electron chi connectivity index (χ4n) is 3.61. The highest BCUT2D eigenvalue weighted by Gasteiger charge is 2.15. The lowest BCUT2D eigenvalue weighted by Crippen LogP contribution is -2.26. The summed E-state index contributed by atoms with van der Waals surface area (Å²) in [6.45, 7) is 3.42. The van der Waals surface area contributed by atoms with E-state index in [1.54, 1.807) is 0 Å². The Balaban J connectivity index is 1.73. The minimum Gasteiger partial charge on any atom is -0.310 e. The van der Waals surface area contributed by atoms with Gasteiger partial charge in [0.25, 0.3) is 0 Å². The van der Waals surface area contributed by atoms with Gasteiger partial charge in [-0.05, 0) is 53.4 Å². The molecular formula is C23H20Cl3N3. The van der Waals surface area contributed by atoms with Gasteiger partial charge in [0, 0.05) is 11.6 Å². The molecule has 1 N–H and O–H groups in total. The Morgan fingerprint density at radius 3 is 2.14 bits per heavy atom. The summed E-state index contributed by atoms with van der Waals surface area (Å²) < 4.78 is 4.08. The molecule has 1 unspecified atom stereocenters. The SMILES string of the molecule is CC(Cn1c(=N)n(Cc2ccc(Cl)cc2)c2ccccc21)c1ccc(Cl)c(Cl)c1. The van der Waals surface area contributed by atoms with Gasteiger partial charge < -0.3 is 9.13 Å². The van der Waals surface area contributed by atoms with Crippen LogP contribution < -0.4 is 5.62 Å². The van der Waals surface area contributed by atoms with Crippen molar-refractivity contribution in [3.63, 3.8) is 0 Å². The summed E-state index contributed by atoms with van der Waals surface area (Å²) in [6.07, 6.45) is 0. The molecule has 0 bridgehead atoms. The van der Waals surface area contributed by atoms with Crippen LogP contribution in [0.4, 0.5) is 0 Å². The third-order valence-corrected chi connectivity index (χ3v) is 6.19. The molecule has 0 aliphatic heterocycles. The van der Waals surface area contributed by atoms with E-state index in [4.69, 9.17) is 40.2 Å². The molecule has 4 rings (SSSR count). The van der Waals surface area contributed by atoms with Crippen LogP contribution in [0.2, 0.25) is 15.1 Å². The Labute approximate surface area is 184 Å². The average molecular weight is 445 g/mol. The van der Waals surface area contributed by atoms with E-state index in [1.807, 2.05) is 59.2 Å². The summed E-state index contributed by atoms with van der Waals surface area (Å²) in [6, 6.07) is 21.6. The Morgan fingerprint density at radius 1 is 0.828 bits per heavy atom. The van der Waals surface area contributed by atoms with E-state index in [1.165, 1.54) is 0 Å². The normalized spacial score (nSPS) is 12.4. The molecule has 3 aromatic carbocycles. The molecule has 0 aliphatic rings. The lowest BCUT2D eigenvalue weighted by Gasteiger charge is -2.14. The fraction of sp³-hybridized carbons (Fsp3) is 0.174. The van der Waals surface area contributed by atoms with Gasteiger partial charge in [-0.1, -0.05) is 72.1 Å². The van der Waals surface area contributed by atoms with Crippen LogP contribution in [0.1, 0.15) is 24.0 Å². The van der Waals surface area contributed by atoms with Crippen molar-refractivity contribution in [3.05, 3.63) is 98.5 Å². The molecule has 6 heteroatoms. The van der Waals surface area contributed by atoms with Crippen molar-refractivity contribution in [1.29, 1.82) is 5.41 Å². The summed E-state index contributed by atoms with van der Waals surface area (Å²) in [5.41, 5.74) is 4.74. The summed E-state index contributed by atoms with van der Waals surface area (Å²) in [5, 5.41) is 10.7. The van der Waals surface area contributed by atoms with Crippen molar-refractivity contribution < 1.29 is 0 Å².